The van der Waals surface area contributed by atoms with Gasteiger partial charge in [0.15, 0.2) is 0 Å². The van der Waals surface area contributed by atoms with Gasteiger partial charge in [0.1, 0.15) is 6.10 Å². The molecule has 0 radical (unpaired) electrons. The minimum Gasteiger partial charge on any atom is -0.384 e. The summed E-state index contributed by atoms with van der Waals surface area (Å²) in [5, 5.41) is 10.3. The monoisotopic (exact) mass is 226 g/mol. The van der Waals surface area contributed by atoms with E-state index in [1.807, 2.05) is 43.3 Å². The van der Waals surface area contributed by atoms with Crippen molar-refractivity contribution in [3.05, 3.63) is 70.8 Å². The Hall–Kier alpha value is -1.60. The summed E-state index contributed by atoms with van der Waals surface area (Å²) in [4.78, 5) is 0. The average Bonchev–Trinajstić information content (AvgIpc) is 2.38. The zero-order valence-corrected chi connectivity index (χ0v) is 10.4. The van der Waals surface area contributed by atoms with E-state index in [0.717, 1.165) is 17.5 Å². The third-order valence-electron chi connectivity index (χ3n) is 3.06. The van der Waals surface area contributed by atoms with Crippen molar-refractivity contribution < 1.29 is 5.11 Å². The van der Waals surface area contributed by atoms with E-state index in [0.29, 0.717) is 0 Å². The number of aryl methyl sites for hydroxylation is 2. The van der Waals surface area contributed by atoms with Crippen molar-refractivity contribution in [1.82, 2.24) is 0 Å². The summed E-state index contributed by atoms with van der Waals surface area (Å²) in [5.41, 5.74) is 4.37. The van der Waals surface area contributed by atoms with Crippen LogP contribution in [-0.2, 0) is 6.42 Å². The molecule has 0 heterocycles. The van der Waals surface area contributed by atoms with Gasteiger partial charge in [0.25, 0.3) is 0 Å². The lowest BCUT2D eigenvalue weighted by Gasteiger charge is -2.12. The number of benzene rings is 2. The van der Waals surface area contributed by atoms with Gasteiger partial charge in [0.05, 0.1) is 0 Å². The molecule has 1 heteroatoms. The highest BCUT2D eigenvalue weighted by Crippen LogP contribution is 2.22. The molecular formula is C16H18O. The molecule has 0 amide bonds. The first kappa shape index (κ1) is 11.9. The number of aliphatic hydroxyl groups is 1. The fraction of sp³-hybridized carbons (Fsp3) is 0.250. The standard InChI is InChI=1S/C16H18O/c1-3-13-7-9-14(10-8-13)16(17)15-6-4-5-12(2)11-15/h4-11,16-17H,3H2,1-2H3/t16-/m1/s1. The second kappa shape index (κ2) is 5.15. The van der Waals surface area contributed by atoms with Gasteiger partial charge in [-0.25, -0.2) is 0 Å². The predicted molar refractivity (Wildman–Crippen MR) is 71.1 cm³/mol. The summed E-state index contributed by atoms with van der Waals surface area (Å²) < 4.78 is 0. The van der Waals surface area contributed by atoms with Crippen LogP contribution in [0.3, 0.4) is 0 Å². The lowest BCUT2D eigenvalue weighted by atomic mass is 9.99. The molecule has 1 atom stereocenters. The molecule has 88 valence electrons. The van der Waals surface area contributed by atoms with Crippen LogP contribution in [0.5, 0.6) is 0 Å². The van der Waals surface area contributed by atoms with Crippen molar-refractivity contribution in [2.75, 3.05) is 0 Å². The van der Waals surface area contributed by atoms with Gasteiger partial charge >= 0.3 is 0 Å². The van der Waals surface area contributed by atoms with Crippen molar-refractivity contribution >= 4 is 0 Å². The van der Waals surface area contributed by atoms with Gasteiger partial charge in [-0.1, -0.05) is 61.0 Å². The molecule has 2 aromatic carbocycles. The minimum atomic E-state index is -0.527. The Bertz CT molecular complexity index is 485. The molecule has 0 aliphatic rings. The van der Waals surface area contributed by atoms with E-state index in [4.69, 9.17) is 0 Å². The quantitative estimate of drug-likeness (QED) is 0.847. The van der Waals surface area contributed by atoms with Gasteiger partial charge in [0.2, 0.25) is 0 Å². The summed E-state index contributed by atoms with van der Waals surface area (Å²) in [6.45, 7) is 4.17. The Morgan fingerprint density at radius 1 is 1.00 bits per heavy atom. The summed E-state index contributed by atoms with van der Waals surface area (Å²) in [5.74, 6) is 0. The van der Waals surface area contributed by atoms with Gasteiger partial charge in [-0.3, -0.25) is 0 Å². The van der Waals surface area contributed by atoms with Crippen LogP contribution in [-0.4, -0.2) is 5.11 Å². The van der Waals surface area contributed by atoms with E-state index in [9.17, 15) is 5.11 Å². The third-order valence-corrected chi connectivity index (χ3v) is 3.06. The molecule has 0 aromatic heterocycles. The normalized spacial score (nSPS) is 12.4. The Labute approximate surface area is 103 Å². The Morgan fingerprint density at radius 3 is 2.29 bits per heavy atom. The third kappa shape index (κ3) is 2.75. The molecule has 0 bridgehead atoms. The fourth-order valence-corrected chi connectivity index (χ4v) is 1.97. The highest BCUT2D eigenvalue weighted by molar-refractivity contribution is 5.33. The van der Waals surface area contributed by atoms with Gasteiger partial charge in [-0.2, -0.15) is 0 Å². The number of hydrogen-bond acceptors (Lipinski definition) is 1. The Morgan fingerprint density at radius 2 is 1.71 bits per heavy atom. The molecular weight excluding hydrogens is 208 g/mol. The summed E-state index contributed by atoms with van der Waals surface area (Å²) >= 11 is 0. The van der Waals surface area contributed by atoms with Crippen molar-refractivity contribution in [2.24, 2.45) is 0 Å². The van der Waals surface area contributed by atoms with E-state index >= 15 is 0 Å². The lowest BCUT2D eigenvalue weighted by Crippen LogP contribution is -1.99. The molecule has 2 rings (SSSR count). The van der Waals surface area contributed by atoms with Crippen molar-refractivity contribution in [2.45, 2.75) is 26.4 Å². The van der Waals surface area contributed by atoms with Crippen LogP contribution in [0.2, 0.25) is 0 Å². The molecule has 17 heavy (non-hydrogen) atoms. The molecule has 0 aliphatic heterocycles. The highest BCUT2D eigenvalue weighted by atomic mass is 16.3. The average molecular weight is 226 g/mol. The van der Waals surface area contributed by atoms with Crippen LogP contribution in [0.4, 0.5) is 0 Å². The molecule has 0 fully saturated rings. The van der Waals surface area contributed by atoms with E-state index in [2.05, 4.69) is 19.1 Å². The zero-order valence-electron chi connectivity index (χ0n) is 10.4. The van der Waals surface area contributed by atoms with Gasteiger partial charge in [-0.15, -0.1) is 0 Å². The Balaban J connectivity index is 2.27. The van der Waals surface area contributed by atoms with Crippen LogP contribution >= 0.6 is 0 Å². The van der Waals surface area contributed by atoms with Gasteiger partial charge in [-0.05, 0) is 30.0 Å². The van der Waals surface area contributed by atoms with Gasteiger partial charge < -0.3 is 5.11 Å². The molecule has 2 aromatic rings. The van der Waals surface area contributed by atoms with Crippen molar-refractivity contribution in [3.63, 3.8) is 0 Å². The predicted octanol–water partition coefficient (Wildman–Crippen LogP) is 3.64. The van der Waals surface area contributed by atoms with Crippen molar-refractivity contribution in [1.29, 1.82) is 0 Å². The lowest BCUT2D eigenvalue weighted by molar-refractivity contribution is 0.220. The van der Waals surface area contributed by atoms with Crippen LogP contribution in [0, 0.1) is 6.92 Å². The first-order chi connectivity index (χ1) is 8.20. The molecule has 0 saturated carbocycles. The second-order valence-electron chi connectivity index (χ2n) is 4.41. The van der Waals surface area contributed by atoms with E-state index in [1.165, 1.54) is 11.1 Å². The van der Waals surface area contributed by atoms with Crippen LogP contribution in [0.25, 0.3) is 0 Å². The molecule has 0 spiro atoms. The van der Waals surface area contributed by atoms with Crippen LogP contribution in [0.15, 0.2) is 48.5 Å². The fourth-order valence-electron chi connectivity index (χ4n) is 1.97. The SMILES string of the molecule is CCc1ccc([C@@H](O)c2cccc(C)c2)cc1. The molecule has 1 N–H and O–H groups in total. The summed E-state index contributed by atoms with van der Waals surface area (Å²) in [7, 11) is 0. The molecule has 1 nitrogen and oxygen atoms in total. The van der Waals surface area contributed by atoms with Crippen LogP contribution in [0.1, 0.15) is 35.3 Å². The maximum Gasteiger partial charge on any atom is 0.104 e. The van der Waals surface area contributed by atoms with Crippen LogP contribution < -0.4 is 0 Å². The minimum absolute atomic E-state index is 0.527. The van der Waals surface area contributed by atoms with Gasteiger partial charge in [0, 0.05) is 0 Å². The highest BCUT2D eigenvalue weighted by Gasteiger charge is 2.09. The largest absolute Gasteiger partial charge is 0.384 e. The topological polar surface area (TPSA) is 20.2 Å². The second-order valence-corrected chi connectivity index (χ2v) is 4.41. The molecule has 0 unspecified atom stereocenters. The zero-order chi connectivity index (χ0) is 12.3. The number of rotatable bonds is 3. The summed E-state index contributed by atoms with van der Waals surface area (Å²) in [6, 6.07) is 16.2. The first-order valence-corrected chi connectivity index (χ1v) is 6.04. The maximum absolute atomic E-state index is 10.3. The number of hydrogen-bond donors (Lipinski definition) is 1. The molecule has 0 aliphatic carbocycles. The smallest absolute Gasteiger partial charge is 0.104 e. The van der Waals surface area contributed by atoms with E-state index in [-0.39, 0.29) is 0 Å². The van der Waals surface area contributed by atoms with E-state index in [1.54, 1.807) is 0 Å². The maximum atomic E-state index is 10.3. The Kier molecular flexibility index (Phi) is 3.60. The summed E-state index contributed by atoms with van der Waals surface area (Å²) in [6.07, 6.45) is 0.502. The first-order valence-electron chi connectivity index (χ1n) is 6.04. The molecule has 0 saturated heterocycles. The van der Waals surface area contributed by atoms with E-state index < -0.39 is 6.10 Å². The number of aliphatic hydroxyl groups excluding tert-OH is 1. The van der Waals surface area contributed by atoms with Crippen molar-refractivity contribution in [3.8, 4) is 0 Å².